The Hall–Kier alpha value is -1.11. The van der Waals surface area contributed by atoms with E-state index in [1.165, 1.54) is 6.26 Å². The molecular formula is C16H27N3O2S. The fraction of sp³-hybridized carbons (Fsp3) is 0.625. The number of anilines is 1. The van der Waals surface area contributed by atoms with E-state index in [9.17, 15) is 8.42 Å². The number of hydrogen-bond acceptors (Lipinski definition) is 4. The SMILES string of the molecule is CC(C)N(Cc1ccccc1N1CCN(C)CC1)S(C)(=O)=O. The molecule has 1 saturated heterocycles. The van der Waals surface area contributed by atoms with Gasteiger partial charge in [-0.1, -0.05) is 18.2 Å². The van der Waals surface area contributed by atoms with Gasteiger partial charge >= 0.3 is 0 Å². The summed E-state index contributed by atoms with van der Waals surface area (Å²) in [7, 11) is -1.08. The Morgan fingerprint density at radius 3 is 2.27 bits per heavy atom. The summed E-state index contributed by atoms with van der Waals surface area (Å²) in [5, 5.41) is 0. The van der Waals surface area contributed by atoms with Gasteiger partial charge in [-0.3, -0.25) is 0 Å². The number of para-hydroxylation sites is 1. The molecule has 1 fully saturated rings. The number of nitrogens with zero attached hydrogens (tertiary/aromatic N) is 3. The van der Waals surface area contributed by atoms with E-state index in [4.69, 9.17) is 0 Å². The van der Waals surface area contributed by atoms with Crippen molar-refractivity contribution in [1.82, 2.24) is 9.21 Å². The second-order valence-corrected chi connectivity index (χ2v) is 8.26. The van der Waals surface area contributed by atoms with E-state index >= 15 is 0 Å². The molecule has 6 heteroatoms. The molecule has 2 rings (SSSR count). The van der Waals surface area contributed by atoms with Crippen LogP contribution in [0.4, 0.5) is 5.69 Å². The molecular weight excluding hydrogens is 298 g/mol. The van der Waals surface area contributed by atoms with Crippen LogP contribution in [0, 0.1) is 0 Å². The zero-order chi connectivity index (χ0) is 16.3. The van der Waals surface area contributed by atoms with E-state index in [2.05, 4.69) is 22.9 Å². The number of hydrogen-bond donors (Lipinski definition) is 0. The second kappa shape index (κ2) is 6.98. The molecule has 22 heavy (non-hydrogen) atoms. The Kier molecular flexibility index (Phi) is 5.47. The summed E-state index contributed by atoms with van der Waals surface area (Å²) < 4.78 is 25.6. The van der Waals surface area contributed by atoms with Gasteiger partial charge in [0.25, 0.3) is 0 Å². The first-order valence-electron chi connectivity index (χ1n) is 7.77. The highest BCUT2D eigenvalue weighted by atomic mass is 32.2. The van der Waals surface area contributed by atoms with Gasteiger partial charge in [0.1, 0.15) is 0 Å². The van der Waals surface area contributed by atoms with Crippen LogP contribution in [-0.2, 0) is 16.6 Å². The molecule has 0 radical (unpaired) electrons. The van der Waals surface area contributed by atoms with E-state index in [-0.39, 0.29) is 6.04 Å². The van der Waals surface area contributed by atoms with Gasteiger partial charge in [0.05, 0.1) is 6.26 Å². The van der Waals surface area contributed by atoms with Crippen LogP contribution in [0.3, 0.4) is 0 Å². The molecule has 1 aromatic rings. The molecule has 1 aliphatic rings. The van der Waals surface area contributed by atoms with Crippen LogP contribution in [0.5, 0.6) is 0 Å². The van der Waals surface area contributed by atoms with Gasteiger partial charge < -0.3 is 9.80 Å². The van der Waals surface area contributed by atoms with Crippen molar-refractivity contribution >= 4 is 15.7 Å². The Morgan fingerprint density at radius 2 is 1.73 bits per heavy atom. The molecule has 0 atom stereocenters. The molecule has 0 N–H and O–H groups in total. The van der Waals surface area contributed by atoms with Crippen molar-refractivity contribution in [3.63, 3.8) is 0 Å². The fourth-order valence-electron chi connectivity index (χ4n) is 2.85. The minimum Gasteiger partial charge on any atom is -0.369 e. The molecule has 124 valence electrons. The molecule has 0 amide bonds. The van der Waals surface area contributed by atoms with Crippen LogP contribution >= 0.6 is 0 Å². The van der Waals surface area contributed by atoms with E-state index < -0.39 is 10.0 Å². The smallest absolute Gasteiger partial charge is 0.211 e. The van der Waals surface area contributed by atoms with Crippen molar-refractivity contribution in [2.75, 3.05) is 44.4 Å². The zero-order valence-corrected chi connectivity index (χ0v) is 14.8. The average molecular weight is 325 g/mol. The average Bonchev–Trinajstić information content (AvgIpc) is 2.44. The number of sulfonamides is 1. The van der Waals surface area contributed by atoms with Crippen LogP contribution < -0.4 is 4.90 Å². The number of rotatable bonds is 5. The molecule has 1 aliphatic heterocycles. The van der Waals surface area contributed by atoms with Crippen LogP contribution in [0.25, 0.3) is 0 Å². The van der Waals surface area contributed by atoms with Crippen LogP contribution in [0.15, 0.2) is 24.3 Å². The molecule has 5 nitrogen and oxygen atoms in total. The lowest BCUT2D eigenvalue weighted by atomic mass is 10.1. The molecule has 0 aromatic heterocycles. The minimum absolute atomic E-state index is 0.0458. The largest absolute Gasteiger partial charge is 0.369 e. The summed E-state index contributed by atoms with van der Waals surface area (Å²) in [6.45, 7) is 8.29. The molecule has 0 saturated carbocycles. The number of piperazine rings is 1. The normalized spacial score (nSPS) is 17.5. The van der Waals surface area contributed by atoms with E-state index in [0.29, 0.717) is 6.54 Å². The summed E-state index contributed by atoms with van der Waals surface area (Å²) in [6, 6.07) is 8.10. The van der Waals surface area contributed by atoms with Crippen molar-refractivity contribution in [3.8, 4) is 0 Å². The summed E-state index contributed by atoms with van der Waals surface area (Å²) in [5.74, 6) is 0. The lowest BCUT2D eigenvalue weighted by molar-refractivity contribution is 0.311. The van der Waals surface area contributed by atoms with Crippen LogP contribution in [0.1, 0.15) is 19.4 Å². The number of likely N-dealkylation sites (N-methyl/N-ethyl adjacent to an activating group) is 1. The summed E-state index contributed by atoms with van der Waals surface area (Å²) >= 11 is 0. The molecule has 0 bridgehead atoms. The molecule has 0 aliphatic carbocycles. The first kappa shape index (κ1) is 17.2. The van der Waals surface area contributed by atoms with E-state index in [0.717, 1.165) is 37.4 Å². The maximum absolute atomic E-state index is 12.0. The molecule has 1 heterocycles. The summed E-state index contributed by atoms with van der Waals surface area (Å²) in [5.41, 5.74) is 2.23. The lowest BCUT2D eigenvalue weighted by Crippen LogP contribution is -2.45. The van der Waals surface area contributed by atoms with Gasteiger partial charge in [-0.05, 0) is 32.5 Å². The molecule has 0 unspecified atom stereocenters. The van der Waals surface area contributed by atoms with Crippen molar-refractivity contribution in [2.45, 2.75) is 26.4 Å². The van der Waals surface area contributed by atoms with Gasteiger partial charge in [0, 0.05) is 44.5 Å². The van der Waals surface area contributed by atoms with Crippen LogP contribution in [-0.4, -0.2) is 63.1 Å². The van der Waals surface area contributed by atoms with Crippen molar-refractivity contribution < 1.29 is 8.42 Å². The molecule has 0 spiro atoms. The second-order valence-electron chi connectivity index (χ2n) is 6.32. The quantitative estimate of drug-likeness (QED) is 0.825. The highest BCUT2D eigenvalue weighted by Crippen LogP contribution is 2.24. The standard InChI is InChI=1S/C16H27N3O2S/c1-14(2)19(22(4,20)21)13-15-7-5-6-8-16(15)18-11-9-17(3)10-12-18/h5-8,14H,9-13H2,1-4H3. The Labute approximate surface area is 134 Å². The maximum atomic E-state index is 12.0. The van der Waals surface area contributed by atoms with Crippen molar-refractivity contribution in [3.05, 3.63) is 29.8 Å². The maximum Gasteiger partial charge on any atom is 0.211 e. The fourth-order valence-corrected chi connectivity index (χ4v) is 3.99. The van der Waals surface area contributed by atoms with Gasteiger partial charge in [-0.15, -0.1) is 0 Å². The van der Waals surface area contributed by atoms with Gasteiger partial charge in [-0.2, -0.15) is 4.31 Å². The zero-order valence-electron chi connectivity index (χ0n) is 14.0. The van der Waals surface area contributed by atoms with Gasteiger partial charge in [-0.25, -0.2) is 8.42 Å². The Balaban J connectivity index is 2.24. The highest BCUT2D eigenvalue weighted by molar-refractivity contribution is 7.88. The van der Waals surface area contributed by atoms with E-state index in [1.54, 1.807) is 4.31 Å². The third kappa shape index (κ3) is 4.21. The highest BCUT2D eigenvalue weighted by Gasteiger charge is 2.23. The van der Waals surface area contributed by atoms with Crippen LogP contribution in [0.2, 0.25) is 0 Å². The van der Waals surface area contributed by atoms with E-state index in [1.807, 2.05) is 32.0 Å². The van der Waals surface area contributed by atoms with Gasteiger partial charge in [0.15, 0.2) is 0 Å². The minimum atomic E-state index is -3.21. The number of benzene rings is 1. The summed E-state index contributed by atoms with van der Waals surface area (Å²) in [4.78, 5) is 4.67. The molecule has 1 aromatic carbocycles. The van der Waals surface area contributed by atoms with Crippen molar-refractivity contribution in [2.24, 2.45) is 0 Å². The predicted molar refractivity (Wildman–Crippen MR) is 91.7 cm³/mol. The Morgan fingerprint density at radius 1 is 1.14 bits per heavy atom. The summed E-state index contributed by atoms with van der Waals surface area (Å²) in [6.07, 6.45) is 1.28. The third-order valence-electron chi connectivity index (χ3n) is 4.16. The third-order valence-corrected chi connectivity index (χ3v) is 5.57. The lowest BCUT2D eigenvalue weighted by Gasteiger charge is -2.36. The van der Waals surface area contributed by atoms with Crippen molar-refractivity contribution in [1.29, 1.82) is 0 Å². The first-order valence-corrected chi connectivity index (χ1v) is 9.62. The topological polar surface area (TPSA) is 43.9 Å². The Bertz CT molecular complexity index is 593. The monoisotopic (exact) mass is 325 g/mol. The van der Waals surface area contributed by atoms with Gasteiger partial charge in [0.2, 0.25) is 10.0 Å². The predicted octanol–water partition coefficient (Wildman–Crippen LogP) is 1.61. The first-order chi connectivity index (χ1) is 10.3.